The number of ether oxygens (including phenoxy) is 2. The van der Waals surface area contributed by atoms with Crippen molar-refractivity contribution in [3.05, 3.63) is 42.9 Å². The molecule has 0 aliphatic carbocycles. The summed E-state index contributed by atoms with van der Waals surface area (Å²) in [6.45, 7) is 0.00584. The average molecular weight is 873 g/mol. The Morgan fingerprint density at radius 1 is 0.800 bits per heavy atom. The van der Waals surface area contributed by atoms with Gasteiger partial charge in [0, 0.05) is 12.8 Å². The molecule has 3 aromatic heterocycles. The van der Waals surface area contributed by atoms with E-state index in [0.29, 0.717) is 33.6 Å². The highest BCUT2D eigenvalue weighted by atomic mass is 31.3. The van der Waals surface area contributed by atoms with Crippen LogP contribution in [0.25, 0.3) is 22.2 Å². The van der Waals surface area contributed by atoms with Gasteiger partial charge in [-0.15, -0.1) is 0 Å². The van der Waals surface area contributed by atoms with Crippen LogP contribution in [-0.2, 0) is 54.3 Å². The summed E-state index contributed by atoms with van der Waals surface area (Å²) in [5, 5.41) is 20.9. The largest absolute Gasteiger partial charge is 0.487 e. The van der Waals surface area contributed by atoms with Crippen molar-refractivity contribution in [2.24, 2.45) is 0 Å². The molecular formula is C24H33BN7O18P5. The first-order valence-corrected chi connectivity index (χ1v) is 23.8. The van der Waals surface area contributed by atoms with Crippen LogP contribution in [0.4, 0.5) is 5.69 Å². The maximum atomic E-state index is 12.7. The van der Waals surface area contributed by atoms with Crippen LogP contribution in [-0.4, -0.2) is 110 Å². The number of nitrogens with two attached hydrogens (primary N) is 1. The summed E-state index contributed by atoms with van der Waals surface area (Å²) >= 11 is 0. The lowest BCUT2D eigenvalue weighted by molar-refractivity contribution is -0.0423. The van der Waals surface area contributed by atoms with Crippen molar-refractivity contribution in [3.63, 3.8) is 0 Å². The van der Waals surface area contributed by atoms with Crippen LogP contribution >= 0.6 is 38.3 Å². The van der Waals surface area contributed by atoms with Gasteiger partial charge in [0.15, 0.2) is 11.6 Å². The number of anilines is 1. The van der Waals surface area contributed by atoms with Crippen molar-refractivity contribution >= 4 is 73.8 Å². The molecule has 4 aromatic rings. The van der Waals surface area contributed by atoms with Crippen molar-refractivity contribution in [1.29, 1.82) is 0 Å². The van der Waals surface area contributed by atoms with E-state index < -0.39 is 94.3 Å². The average Bonchev–Trinajstić information content (AvgIpc) is 3.82. The van der Waals surface area contributed by atoms with Gasteiger partial charge in [-0.3, -0.25) is 22.8 Å². The molecule has 0 bridgehead atoms. The Labute approximate surface area is 310 Å². The SMILES string of the molecule is [B]P(=O)(OP(=O)(O)CP(=O)(O)OC[C@H]1O[C@@H](n2cnc3c(N)cccc32)C[C@@H]1O)OP(=O)(O)OP(=O)(O)OC[C@H]1O[C@@H](n2cnc3c(C)ncnc32)C[C@@H]1O. The smallest absolute Gasteiger partial charge is 0.397 e. The van der Waals surface area contributed by atoms with Crippen LogP contribution in [0.2, 0.25) is 0 Å². The highest BCUT2D eigenvalue weighted by Gasteiger charge is 2.46. The molecule has 1 aromatic carbocycles. The molecule has 55 heavy (non-hydrogen) atoms. The second kappa shape index (κ2) is 15.8. The number of rotatable bonds is 16. The molecule has 5 unspecified atom stereocenters. The van der Waals surface area contributed by atoms with Crippen molar-refractivity contribution in [2.75, 3.05) is 24.9 Å². The van der Waals surface area contributed by atoms with Gasteiger partial charge in [-0.05, 0) is 19.1 Å². The summed E-state index contributed by atoms with van der Waals surface area (Å²) in [4.78, 5) is 56.9. The second-order valence-electron chi connectivity index (χ2n) is 12.2. The predicted octanol–water partition coefficient (Wildman–Crippen LogP) is 1.95. The van der Waals surface area contributed by atoms with E-state index in [-0.39, 0.29) is 12.8 Å². The van der Waals surface area contributed by atoms with E-state index in [1.807, 2.05) is 0 Å². The van der Waals surface area contributed by atoms with E-state index in [4.69, 9.17) is 27.3 Å². The van der Waals surface area contributed by atoms with Crippen molar-refractivity contribution < 1.29 is 84.1 Å². The van der Waals surface area contributed by atoms with E-state index in [1.54, 1.807) is 29.7 Å². The van der Waals surface area contributed by atoms with Crippen LogP contribution in [0.15, 0.2) is 37.2 Å². The molecule has 8 N–H and O–H groups in total. The number of aromatic nitrogens is 6. The zero-order valence-corrected chi connectivity index (χ0v) is 32.6. The lowest BCUT2D eigenvalue weighted by Crippen LogP contribution is -2.26. The van der Waals surface area contributed by atoms with Gasteiger partial charge in [-0.25, -0.2) is 37.7 Å². The zero-order valence-electron chi connectivity index (χ0n) is 28.1. The van der Waals surface area contributed by atoms with E-state index in [0.717, 1.165) is 0 Å². The van der Waals surface area contributed by atoms with Crippen LogP contribution in [0.1, 0.15) is 31.0 Å². The van der Waals surface area contributed by atoms with Crippen molar-refractivity contribution in [3.8, 4) is 0 Å². The first-order chi connectivity index (χ1) is 25.5. The standard InChI is InChI=1S/C24H33BN7O18P5/c1-13-22-24(28-9-27-13)32(11-29-22)21-6-17(34)19(47-21)8-45-54(40,41)50-55(42,43)49-53(25,39)48-52(37,38)12-51(35,36)44-7-18-16(33)5-20(46-18)31-10-30-23-14(26)3-2-4-15(23)31/h2-4,9-11,16-21,33-34H,5-8,12,26H2,1H3,(H,35,36)(H,37,38)(H,40,41)(H,42,43)/t16-,17-,18+,19+,20+,21+,53?/m0/s1. The molecule has 11 atom stereocenters. The van der Waals surface area contributed by atoms with E-state index in [9.17, 15) is 52.6 Å². The van der Waals surface area contributed by atoms with Gasteiger partial charge in [0.25, 0.3) is 7.47 Å². The Hall–Kier alpha value is -2.27. The molecule has 2 fully saturated rings. The Kier molecular flexibility index (Phi) is 12.2. The minimum Gasteiger partial charge on any atom is -0.397 e. The highest BCUT2D eigenvalue weighted by Crippen LogP contribution is 2.73. The van der Waals surface area contributed by atoms with Gasteiger partial charge in [0.2, 0.25) is 7.57 Å². The van der Waals surface area contributed by atoms with Gasteiger partial charge in [0.05, 0.1) is 55.0 Å². The summed E-state index contributed by atoms with van der Waals surface area (Å²) in [7, 11) is -23.0. The quantitative estimate of drug-likeness (QED) is 0.0480. The summed E-state index contributed by atoms with van der Waals surface area (Å²) in [6, 6.07) is 5.01. The van der Waals surface area contributed by atoms with Crippen LogP contribution < -0.4 is 5.73 Å². The summed E-state index contributed by atoms with van der Waals surface area (Å²) in [5.41, 5.74) is 8.76. The zero-order chi connectivity index (χ0) is 40.1. The fraction of sp³-hybridized carbons (Fsp3) is 0.500. The lowest BCUT2D eigenvalue weighted by Gasteiger charge is -2.23. The number of aryl methyl sites for hydroxylation is 1. The molecule has 2 aliphatic heterocycles. The summed E-state index contributed by atoms with van der Waals surface area (Å²) < 4.78 is 98.9. The van der Waals surface area contributed by atoms with E-state index in [1.165, 1.54) is 23.5 Å². The third-order valence-corrected chi connectivity index (χ3v) is 17.3. The van der Waals surface area contributed by atoms with Gasteiger partial charge in [0.1, 0.15) is 42.0 Å². The van der Waals surface area contributed by atoms with Crippen LogP contribution in [0.3, 0.4) is 0 Å². The number of fused-ring (bicyclic) bond motifs is 2. The molecule has 5 heterocycles. The van der Waals surface area contributed by atoms with E-state index >= 15 is 0 Å². The second-order valence-corrected chi connectivity index (χ2v) is 21.4. The fourth-order valence-electron chi connectivity index (χ4n) is 5.72. The summed E-state index contributed by atoms with van der Waals surface area (Å²) in [6.07, 6.45) is -2.69. The van der Waals surface area contributed by atoms with Crippen LogP contribution in [0, 0.1) is 6.92 Å². The maximum Gasteiger partial charge on any atom is 0.487 e. The Bertz CT molecular complexity index is 2160. The maximum absolute atomic E-state index is 12.7. The first kappa shape index (κ1) is 42.3. The number of para-hydroxylation sites is 1. The Morgan fingerprint density at radius 2 is 1.40 bits per heavy atom. The Morgan fingerprint density at radius 3 is 2.07 bits per heavy atom. The fourth-order valence-corrected chi connectivity index (χ4v) is 13.8. The molecule has 2 radical (unpaired) electrons. The van der Waals surface area contributed by atoms with Crippen LogP contribution in [0.5, 0.6) is 0 Å². The topological polar surface area (TPSA) is 359 Å². The normalized spacial score (nSPS) is 28.7. The molecule has 0 amide bonds. The number of hydrogen-bond acceptors (Lipinski definition) is 19. The number of phosphoric ester groups is 1. The van der Waals surface area contributed by atoms with E-state index in [2.05, 4.69) is 37.4 Å². The third kappa shape index (κ3) is 10.3. The van der Waals surface area contributed by atoms with Gasteiger partial charge in [-0.2, -0.15) is 4.31 Å². The molecule has 300 valence electrons. The number of nitrogen functional groups attached to an aromatic ring is 1. The van der Waals surface area contributed by atoms with Gasteiger partial charge < -0.3 is 54.1 Å². The number of hydrogen-bond donors (Lipinski definition) is 7. The molecule has 31 heteroatoms. The molecule has 0 saturated carbocycles. The number of phosphoric acid groups is 2. The molecule has 6 rings (SSSR count). The Balaban J connectivity index is 0.980. The minimum atomic E-state index is -6.05. The number of aliphatic hydroxyl groups excluding tert-OH is 2. The molecule has 2 saturated heterocycles. The summed E-state index contributed by atoms with van der Waals surface area (Å²) in [5.74, 6) is -1.80. The predicted molar refractivity (Wildman–Crippen MR) is 186 cm³/mol. The molecule has 0 spiro atoms. The molecule has 2 aliphatic rings. The van der Waals surface area contributed by atoms with Crippen molar-refractivity contribution in [1.82, 2.24) is 29.1 Å². The van der Waals surface area contributed by atoms with Crippen molar-refractivity contribution in [2.45, 2.75) is 56.6 Å². The lowest BCUT2D eigenvalue weighted by atomic mass is 10.2. The monoisotopic (exact) mass is 873 g/mol. The number of benzene rings is 1. The first-order valence-electron chi connectivity index (χ1n) is 15.7. The molecular weight excluding hydrogens is 840 g/mol. The van der Waals surface area contributed by atoms with Gasteiger partial charge in [-0.1, -0.05) is 6.07 Å². The third-order valence-electron chi connectivity index (χ3n) is 8.07. The molecule has 25 nitrogen and oxygen atoms in total. The number of imidazole rings is 2. The number of nitrogens with zero attached hydrogens (tertiary/aromatic N) is 6. The number of aliphatic hydroxyl groups is 2. The van der Waals surface area contributed by atoms with Gasteiger partial charge >= 0.3 is 30.8 Å². The highest BCUT2D eigenvalue weighted by molar-refractivity contribution is 7.88. The minimum absolute atomic E-state index is 0.00889.